The summed E-state index contributed by atoms with van der Waals surface area (Å²) in [5.41, 5.74) is 2.09. The fourth-order valence-electron chi connectivity index (χ4n) is 4.45. The lowest BCUT2D eigenvalue weighted by molar-refractivity contribution is -0.100. The monoisotopic (exact) mass is 515 g/mol. The molecule has 36 heavy (non-hydrogen) atoms. The van der Waals surface area contributed by atoms with Gasteiger partial charge in [-0.3, -0.25) is 9.69 Å². The van der Waals surface area contributed by atoms with Crippen molar-refractivity contribution in [3.63, 3.8) is 0 Å². The molecule has 6 heterocycles. The van der Waals surface area contributed by atoms with Gasteiger partial charge >= 0.3 is 0 Å². The van der Waals surface area contributed by atoms with Crippen molar-refractivity contribution in [1.82, 2.24) is 34.5 Å². The highest BCUT2D eigenvalue weighted by atomic mass is 35.5. The number of likely N-dealkylation sites (tertiary alicyclic amines) is 1. The third-order valence-corrected chi connectivity index (χ3v) is 6.81. The van der Waals surface area contributed by atoms with E-state index in [1.807, 2.05) is 11.6 Å². The highest BCUT2D eigenvalue weighted by Crippen LogP contribution is 2.34. The lowest BCUT2D eigenvalue weighted by Crippen LogP contribution is -2.59. The van der Waals surface area contributed by atoms with E-state index < -0.39 is 29.7 Å². The van der Waals surface area contributed by atoms with E-state index >= 15 is 0 Å². The predicted molar refractivity (Wildman–Crippen MR) is 123 cm³/mol. The third-order valence-electron chi connectivity index (χ3n) is 6.54. The highest BCUT2D eigenvalue weighted by molar-refractivity contribution is 6.34. The maximum atomic E-state index is 14.0. The van der Waals surface area contributed by atoms with Crippen LogP contribution >= 0.6 is 11.6 Å². The van der Waals surface area contributed by atoms with Crippen LogP contribution in [-0.4, -0.2) is 79.2 Å². The maximum absolute atomic E-state index is 14.0. The van der Waals surface area contributed by atoms with Crippen molar-refractivity contribution in [2.75, 3.05) is 32.9 Å². The summed E-state index contributed by atoms with van der Waals surface area (Å²) >= 11 is 6.30. The molecule has 2 saturated heterocycles. The number of fused-ring (bicyclic) bond motifs is 1. The minimum Gasteiger partial charge on any atom is -0.483 e. The standard InChI is InChI=1S/C23H20ClF2N7O3/c1-12-21(29-30-33(12)15-7-31(8-15)16-9-35-10-16)13-2-20(23-17(24)5-28-32(23)6-13)36-11-19(34)22-18(26)3-14(25)4-27-22/h2-6,15-16H,7-11H2,1H3. The number of ketones is 1. The summed E-state index contributed by atoms with van der Waals surface area (Å²) in [7, 11) is 0. The van der Waals surface area contributed by atoms with Gasteiger partial charge in [0.1, 0.15) is 28.5 Å². The summed E-state index contributed by atoms with van der Waals surface area (Å²) in [4.78, 5) is 18.4. The Balaban J connectivity index is 1.26. The van der Waals surface area contributed by atoms with Crippen molar-refractivity contribution < 1.29 is 23.0 Å². The highest BCUT2D eigenvalue weighted by Gasteiger charge is 2.38. The second-order valence-electron chi connectivity index (χ2n) is 8.84. The second kappa shape index (κ2) is 8.87. The van der Waals surface area contributed by atoms with Crippen LogP contribution in [0.25, 0.3) is 16.8 Å². The lowest BCUT2D eigenvalue weighted by Gasteiger charge is -2.47. The minimum atomic E-state index is -1.06. The van der Waals surface area contributed by atoms with Gasteiger partial charge < -0.3 is 9.47 Å². The molecule has 0 radical (unpaired) electrons. The topological polar surface area (TPSA) is 99.7 Å². The molecule has 4 aromatic heterocycles. The van der Waals surface area contributed by atoms with Gasteiger partial charge in [-0.25, -0.2) is 23.0 Å². The van der Waals surface area contributed by atoms with E-state index in [2.05, 4.69) is 25.3 Å². The molecule has 6 rings (SSSR count). The van der Waals surface area contributed by atoms with Gasteiger partial charge in [-0.15, -0.1) is 5.10 Å². The first-order valence-corrected chi connectivity index (χ1v) is 11.6. The molecular formula is C23H20ClF2N7O3. The Morgan fingerprint density at radius 3 is 2.75 bits per heavy atom. The molecule has 0 aliphatic carbocycles. The number of nitrogens with zero attached hydrogens (tertiary/aromatic N) is 7. The zero-order valence-corrected chi connectivity index (χ0v) is 19.8. The normalized spacial score (nSPS) is 16.8. The smallest absolute Gasteiger partial charge is 0.221 e. The van der Waals surface area contributed by atoms with E-state index in [1.54, 1.807) is 12.3 Å². The number of pyridine rings is 2. The number of carbonyl (C=O) groups excluding carboxylic acids is 1. The van der Waals surface area contributed by atoms with Gasteiger partial charge in [-0.1, -0.05) is 16.8 Å². The molecule has 0 unspecified atom stereocenters. The largest absolute Gasteiger partial charge is 0.483 e. The molecule has 186 valence electrons. The maximum Gasteiger partial charge on any atom is 0.221 e. The van der Waals surface area contributed by atoms with Gasteiger partial charge in [0, 0.05) is 30.9 Å². The molecule has 0 N–H and O–H groups in total. The van der Waals surface area contributed by atoms with Gasteiger partial charge in [-0.2, -0.15) is 5.10 Å². The van der Waals surface area contributed by atoms with E-state index in [4.69, 9.17) is 21.1 Å². The van der Waals surface area contributed by atoms with Gasteiger partial charge in [-0.05, 0) is 13.0 Å². The Labute approximate surface area is 208 Å². The number of aromatic nitrogens is 6. The van der Waals surface area contributed by atoms with Crippen molar-refractivity contribution in [2.45, 2.75) is 19.0 Å². The fourth-order valence-corrected chi connectivity index (χ4v) is 4.67. The SMILES string of the molecule is Cc1c(-c2cc(OCC(=O)c3ncc(F)cc3F)c3c(Cl)cnn3c2)nnn1C1CN(C2COC2)C1. The summed E-state index contributed by atoms with van der Waals surface area (Å²) in [5.74, 6) is -2.43. The van der Waals surface area contributed by atoms with Crippen LogP contribution in [-0.2, 0) is 4.74 Å². The fraction of sp³-hybridized carbons (Fsp3) is 0.348. The van der Waals surface area contributed by atoms with E-state index in [1.165, 1.54) is 10.7 Å². The average Bonchev–Trinajstić information content (AvgIpc) is 3.35. The Kier molecular flexibility index (Phi) is 5.66. The zero-order valence-electron chi connectivity index (χ0n) is 19.1. The summed E-state index contributed by atoms with van der Waals surface area (Å²) in [5, 5.41) is 13.3. The molecule has 0 atom stereocenters. The van der Waals surface area contributed by atoms with Crippen LogP contribution in [0.4, 0.5) is 8.78 Å². The molecule has 0 aromatic carbocycles. The molecule has 2 aliphatic heterocycles. The molecule has 13 heteroatoms. The van der Waals surface area contributed by atoms with Crippen LogP contribution in [0.2, 0.25) is 5.02 Å². The number of halogens is 3. The number of hydrogen-bond donors (Lipinski definition) is 0. The summed E-state index contributed by atoms with van der Waals surface area (Å²) in [6.07, 6.45) is 3.97. The van der Waals surface area contributed by atoms with Crippen molar-refractivity contribution in [3.05, 3.63) is 58.8 Å². The van der Waals surface area contributed by atoms with Crippen molar-refractivity contribution in [1.29, 1.82) is 0 Å². The van der Waals surface area contributed by atoms with Crippen LogP contribution in [0.5, 0.6) is 5.75 Å². The van der Waals surface area contributed by atoms with Gasteiger partial charge in [0.15, 0.2) is 12.4 Å². The molecule has 0 bridgehead atoms. The molecule has 0 amide bonds. The number of rotatable bonds is 7. The zero-order chi connectivity index (χ0) is 25.0. The van der Waals surface area contributed by atoms with Crippen LogP contribution in [0.1, 0.15) is 22.2 Å². The molecule has 2 aliphatic rings. The number of ether oxygens (including phenoxy) is 2. The Morgan fingerprint density at radius 1 is 1.22 bits per heavy atom. The quantitative estimate of drug-likeness (QED) is 0.346. The van der Waals surface area contributed by atoms with Gasteiger partial charge in [0.05, 0.1) is 48.4 Å². The van der Waals surface area contributed by atoms with Crippen LogP contribution < -0.4 is 4.74 Å². The minimum absolute atomic E-state index is 0.223. The van der Waals surface area contributed by atoms with Crippen molar-refractivity contribution >= 4 is 22.9 Å². The summed E-state index contributed by atoms with van der Waals surface area (Å²) in [6.45, 7) is 4.72. The molecule has 10 nitrogen and oxygen atoms in total. The van der Waals surface area contributed by atoms with E-state index in [0.29, 0.717) is 33.9 Å². The van der Waals surface area contributed by atoms with E-state index in [-0.39, 0.29) is 11.8 Å². The molecule has 0 spiro atoms. The lowest BCUT2D eigenvalue weighted by atomic mass is 10.0. The van der Waals surface area contributed by atoms with Crippen LogP contribution in [0.15, 0.2) is 30.7 Å². The van der Waals surface area contributed by atoms with E-state index in [9.17, 15) is 13.6 Å². The van der Waals surface area contributed by atoms with Crippen molar-refractivity contribution in [2.24, 2.45) is 0 Å². The van der Waals surface area contributed by atoms with Crippen LogP contribution in [0.3, 0.4) is 0 Å². The molecule has 4 aromatic rings. The number of Topliss-reactive ketones (excluding diaryl/α,β-unsaturated/α-hetero) is 1. The van der Waals surface area contributed by atoms with Gasteiger partial charge in [0.2, 0.25) is 5.78 Å². The summed E-state index contributed by atoms with van der Waals surface area (Å²) in [6, 6.07) is 2.99. The van der Waals surface area contributed by atoms with Crippen LogP contribution in [0, 0.1) is 18.6 Å². The Bertz CT molecular complexity index is 1480. The third kappa shape index (κ3) is 3.91. The molecular weight excluding hydrogens is 496 g/mol. The average molecular weight is 516 g/mol. The number of carbonyl (C=O) groups is 1. The second-order valence-corrected chi connectivity index (χ2v) is 9.25. The predicted octanol–water partition coefficient (Wildman–Crippen LogP) is 2.75. The molecule has 0 saturated carbocycles. The van der Waals surface area contributed by atoms with Gasteiger partial charge in [0.25, 0.3) is 0 Å². The first kappa shape index (κ1) is 23.0. The van der Waals surface area contributed by atoms with E-state index in [0.717, 1.165) is 38.2 Å². The Morgan fingerprint density at radius 2 is 2.03 bits per heavy atom. The number of hydrogen-bond acceptors (Lipinski definition) is 8. The summed E-state index contributed by atoms with van der Waals surface area (Å²) < 4.78 is 41.6. The molecule has 2 fully saturated rings. The first-order chi connectivity index (χ1) is 17.4. The van der Waals surface area contributed by atoms with Crippen molar-refractivity contribution in [3.8, 4) is 17.0 Å². The Hall–Kier alpha value is -3.48. The first-order valence-electron chi connectivity index (χ1n) is 11.3.